The minimum Gasteiger partial charge on any atom is -0.308 e. The highest BCUT2D eigenvalue weighted by atomic mass is 15.3. The van der Waals surface area contributed by atoms with E-state index >= 15 is 0 Å². The largest absolute Gasteiger partial charge is 0.308 e. The molecule has 124 valence electrons. The molecule has 5 nitrogen and oxygen atoms in total. The minimum atomic E-state index is 0.202. The van der Waals surface area contributed by atoms with E-state index in [1.165, 1.54) is 5.56 Å². The highest BCUT2D eigenvalue weighted by molar-refractivity contribution is 5.36. The summed E-state index contributed by atoms with van der Waals surface area (Å²) in [6.07, 6.45) is 6.20. The van der Waals surface area contributed by atoms with E-state index in [1.807, 2.05) is 11.6 Å². The van der Waals surface area contributed by atoms with Crippen molar-refractivity contribution < 1.29 is 0 Å². The van der Waals surface area contributed by atoms with Crippen LogP contribution in [-0.2, 0) is 6.42 Å². The van der Waals surface area contributed by atoms with Gasteiger partial charge in [-0.2, -0.15) is 5.10 Å². The lowest BCUT2D eigenvalue weighted by Gasteiger charge is -2.13. The molecule has 24 heavy (non-hydrogen) atoms. The van der Waals surface area contributed by atoms with Gasteiger partial charge in [-0.1, -0.05) is 12.1 Å². The molecule has 1 aromatic carbocycles. The number of aryl methyl sites for hydroxylation is 2. The monoisotopic (exact) mass is 321 g/mol. The van der Waals surface area contributed by atoms with Gasteiger partial charge in [0.25, 0.3) is 0 Å². The summed E-state index contributed by atoms with van der Waals surface area (Å²) in [7, 11) is 0. The molecule has 2 aromatic heterocycles. The van der Waals surface area contributed by atoms with Crippen LogP contribution in [-0.4, -0.2) is 26.3 Å². The van der Waals surface area contributed by atoms with Crippen molar-refractivity contribution in [3.8, 4) is 5.69 Å². The molecule has 3 rings (SSSR count). The number of hydrogen-bond acceptors (Lipinski definition) is 4. The number of rotatable bonds is 6. The van der Waals surface area contributed by atoms with Crippen molar-refractivity contribution in [2.24, 2.45) is 0 Å². The van der Waals surface area contributed by atoms with Crippen molar-refractivity contribution in [3.05, 3.63) is 71.6 Å². The van der Waals surface area contributed by atoms with Gasteiger partial charge < -0.3 is 5.32 Å². The molecule has 0 radical (unpaired) electrons. The van der Waals surface area contributed by atoms with Crippen molar-refractivity contribution in [2.45, 2.75) is 33.2 Å². The van der Waals surface area contributed by atoms with Crippen molar-refractivity contribution >= 4 is 0 Å². The van der Waals surface area contributed by atoms with Gasteiger partial charge in [0.05, 0.1) is 17.1 Å². The molecule has 0 aliphatic carbocycles. The molecule has 5 heteroatoms. The summed E-state index contributed by atoms with van der Waals surface area (Å²) in [6.45, 7) is 7.10. The van der Waals surface area contributed by atoms with Crippen molar-refractivity contribution in [1.29, 1.82) is 0 Å². The second-order valence-corrected chi connectivity index (χ2v) is 6.06. The molecule has 0 fully saturated rings. The lowest BCUT2D eigenvalue weighted by atomic mass is 10.1. The van der Waals surface area contributed by atoms with Crippen LogP contribution in [0.4, 0.5) is 0 Å². The van der Waals surface area contributed by atoms with E-state index in [1.54, 1.807) is 18.6 Å². The Hall–Kier alpha value is -2.53. The Labute approximate surface area is 142 Å². The molecule has 0 saturated carbocycles. The van der Waals surface area contributed by atoms with Gasteiger partial charge in [-0.15, -0.1) is 0 Å². The highest BCUT2D eigenvalue weighted by Gasteiger charge is 2.06. The predicted molar refractivity (Wildman–Crippen MR) is 95.2 cm³/mol. The Morgan fingerprint density at radius 3 is 2.54 bits per heavy atom. The van der Waals surface area contributed by atoms with Crippen LogP contribution < -0.4 is 5.32 Å². The predicted octanol–water partition coefficient (Wildman–Crippen LogP) is 3.17. The van der Waals surface area contributed by atoms with E-state index in [4.69, 9.17) is 0 Å². The zero-order valence-corrected chi connectivity index (χ0v) is 14.4. The van der Waals surface area contributed by atoms with Gasteiger partial charge in [0.2, 0.25) is 0 Å². The Kier molecular flexibility index (Phi) is 5.01. The third-order valence-corrected chi connectivity index (χ3v) is 4.08. The van der Waals surface area contributed by atoms with Crippen LogP contribution in [0.5, 0.6) is 0 Å². The molecule has 1 unspecified atom stereocenters. The van der Waals surface area contributed by atoms with Crippen LogP contribution in [0, 0.1) is 13.8 Å². The summed E-state index contributed by atoms with van der Waals surface area (Å²) in [5.41, 5.74) is 5.57. The van der Waals surface area contributed by atoms with Crippen LogP contribution in [0.1, 0.15) is 35.6 Å². The van der Waals surface area contributed by atoms with E-state index in [2.05, 4.69) is 64.6 Å². The van der Waals surface area contributed by atoms with Gasteiger partial charge >= 0.3 is 0 Å². The lowest BCUT2D eigenvalue weighted by Crippen LogP contribution is -2.22. The molecule has 2 heterocycles. The van der Waals surface area contributed by atoms with E-state index in [0.29, 0.717) is 0 Å². The maximum Gasteiger partial charge on any atom is 0.0753 e. The zero-order chi connectivity index (χ0) is 16.9. The molecular weight excluding hydrogens is 298 g/mol. The Balaban J connectivity index is 1.56. The smallest absolute Gasteiger partial charge is 0.0753 e. The lowest BCUT2D eigenvalue weighted by molar-refractivity contribution is 0.562. The Morgan fingerprint density at radius 2 is 1.92 bits per heavy atom. The summed E-state index contributed by atoms with van der Waals surface area (Å²) < 4.78 is 1.98. The van der Waals surface area contributed by atoms with Gasteiger partial charge in [-0.25, -0.2) is 4.68 Å². The molecule has 0 saturated heterocycles. The van der Waals surface area contributed by atoms with E-state index in [-0.39, 0.29) is 6.04 Å². The van der Waals surface area contributed by atoms with E-state index < -0.39 is 0 Å². The first-order valence-electron chi connectivity index (χ1n) is 8.25. The molecule has 0 aliphatic heterocycles. The van der Waals surface area contributed by atoms with Gasteiger partial charge in [0, 0.05) is 30.3 Å². The fourth-order valence-electron chi connectivity index (χ4n) is 2.77. The summed E-state index contributed by atoms with van der Waals surface area (Å²) in [5.74, 6) is 0. The molecule has 0 amide bonds. The highest BCUT2D eigenvalue weighted by Crippen LogP contribution is 2.13. The number of nitrogens with one attached hydrogen (secondary N) is 1. The van der Waals surface area contributed by atoms with Crippen LogP contribution in [0.25, 0.3) is 5.69 Å². The van der Waals surface area contributed by atoms with Gasteiger partial charge in [0.1, 0.15) is 0 Å². The molecule has 1 N–H and O–H groups in total. The number of hydrogen-bond donors (Lipinski definition) is 1. The van der Waals surface area contributed by atoms with Crippen molar-refractivity contribution in [2.75, 3.05) is 6.54 Å². The van der Waals surface area contributed by atoms with Crippen LogP contribution in [0.3, 0.4) is 0 Å². The Bertz CT molecular complexity index is 777. The SMILES string of the molecule is Cc1cc(C)n(-c2ccc(CCNC(C)c3cnccn3)cc2)n1. The van der Waals surface area contributed by atoms with Gasteiger partial charge in [0.15, 0.2) is 0 Å². The third-order valence-electron chi connectivity index (χ3n) is 4.08. The van der Waals surface area contributed by atoms with Gasteiger partial charge in [-0.05, 0) is 57.5 Å². The molecule has 3 aromatic rings. The molecule has 0 spiro atoms. The number of aromatic nitrogens is 4. The molecular formula is C19H23N5. The van der Waals surface area contributed by atoms with Crippen molar-refractivity contribution in [1.82, 2.24) is 25.1 Å². The first-order chi connectivity index (χ1) is 11.6. The fraction of sp³-hybridized carbons (Fsp3) is 0.316. The minimum absolute atomic E-state index is 0.202. The summed E-state index contributed by atoms with van der Waals surface area (Å²) in [4.78, 5) is 8.43. The van der Waals surface area contributed by atoms with Crippen LogP contribution in [0.15, 0.2) is 48.9 Å². The summed E-state index contributed by atoms with van der Waals surface area (Å²) >= 11 is 0. The van der Waals surface area contributed by atoms with Crippen LogP contribution in [0.2, 0.25) is 0 Å². The quantitative estimate of drug-likeness (QED) is 0.757. The third kappa shape index (κ3) is 3.86. The summed E-state index contributed by atoms with van der Waals surface area (Å²) in [6, 6.07) is 10.9. The number of benzene rings is 1. The second kappa shape index (κ2) is 7.36. The maximum atomic E-state index is 4.52. The van der Waals surface area contributed by atoms with Crippen molar-refractivity contribution in [3.63, 3.8) is 0 Å². The number of nitrogens with zero attached hydrogens (tertiary/aromatic N) is 4. The second-order valence-electron chi connectivity index (χ2n) is 6.06. The normalized spacial score (nSPS) is 12.3. The molecule has 1 atom stereocenters. The fourth-order valence-corrected chi connectivity index (χ4v) is 2.77. The van der Waals surface area contributed by atoms with Gasteiger partial charge in [-0.3, -0.25) is 9.97 Å². The summed E-state index contributed by atoms with van der Waals surface area (Å²) in [5, 5.41) is 8.01. The standard InChI is InChI=1S/C19H23N5/c1-14-12-15(2)24(23-14)18-6-4-17(5-7-18)8-9-21-16(3)19-13-20-10-11-22-19/h4-7,10-13,16,21H,8-9H2,1-3H3. The average molecular weight is 321 g/mol. The molecule has 0 aliphatic rings. The first kappa shape index (κ1) is 16.3. The maximum absolute atomic E-state index is 4.52. The van der Waals surface area contributed by atoms with Crippen LogP contribution >= 0.6 is 0 Å². The average Bonchev–Trinajstić information content (AvgIpc) is 2.94. The first-order valence-corrected chi connectivity index (χ1v) is 8.25. The molecule has 0 bridgehead atoms. The topological polar surface area (TPSA) is 55.6 Å². The Morgan fingerprint density at radius 1 is 1.12 bits per heavy atom. The zero-order valence-electron chi connectivity index (χ0n) is 14.4. The van der Waals surface area contributed by atoms with E-state index in [0.717, 1.165) is 35.7 Å². The van der Waals surface area contributed by atoms with E-state index in [9.17, 15) is 0 Å².